The lowest BCUT2D eigenvalue weighted by Gasteiger charge is -1.96. The van der Waals surface area contributed by atoms with Gasteiger partial charge in [0.1, 0.15) is 11.6 Å². The highest BCUT2D eigenvalue weighted by atomic mass is 19.1. The second-order valence-corrected chi connectivity index (χ2v) is 4.09. The quantitative estimate of drug-likeness (QED) is 0.830. The minimum Gasteiger partial charge on any atom is -0.366 e. The summed E-state index contributed by atoms with van der Waals surface area (Å²) in [5, 5.41) is 10.4. The average molecular weight is 217 g/mol. The van der Waals surface area contributed by atoms with E-state index < -0.39 is 0 Å². The number of rotatable bonds is 3. The minimum absolute atomic E-state index is 0.223. The van der Waals surface area contributed by atoms with E-state index in [4.69, 9.17) is 0 Å². The molecule has 3 rings (SSSR count). The lowest BCUT2D eigenvalue weighted by molar-refractivity contribution is 0.628. The monoisotopic (exact) mass is 217 g/mol. The zero-order valence-electron chi connectivity index (χ0n) is 8.70. The summed E-state index contributed by atoms with van der Waals surface area (Å²) in [6, 6.07) is 8.91. The molecule has 0 amide bonds. The van der Waals surface area contributed by atoms with Gasteiger partial charge in [-0.2, -0.15) is 5.10 Å². The third kappa shape index (κ3) is 1.91. The maximum Gasteiger partial charge on any atom is 0.148 e. The van der Waals surface area contributed by atoms with Crippen LogP contribution in [0.2, 0.25) is 0 Å². The van der Waals surface area contributed by atoms with Gasteiger partial charge in [-0.05, 0) is 42.7 Å². The number of benzene rings is 1. The van der Waals surface area contributed by atoms with E-state index in [0.717, 1.165) is 17.1 Å². The van der Waals surface area contributed by atoms with Crippen molar-refractivity contribution in [1.29, 1.82) is 0 Å². The van der Waals surface area contributed by atoms with Gasteiger partial charge < -0.3 is 5.32 Å². The van der Waals surface area contributed by atoms with E-state index in [-0.39, 0.29) is 5.82 Å². The van der Waals surface area contributed by atoms with Crippen molar-refractivity contribution in [2.75, 3.05) is 5.32 Å². The molecule has 0 atom stereocenters. The number of anilines is 1. The van der Waals surface area contributed by atoms with E-state index in [1.165, 1.54) is 25.0 Å². The van der Waals surface area contributed by atoms with Crippen molar-refractivity contribution < 1.29 is 4.39 Å². The molecule has 0 unspecified atom stereocenters. The molecular weight excluding hydrogens is 205 g/mol. The predicted octanol–water partition coefficient (Wildman–Crippen LogP) is 2.79. The Labute approximate surface area is 92.7 Å². The summed E-state index contributed by atoms with van der Waals surface area (Å²) < 4.78 is 12.7. The molecule has 1 saturated carbocycles. The number of aromatic amines is 1. The van der Waals surface area contributed by atoms with Gasteiger partial charge in [-0.1, -0.05) is 0 Å². The Morgan fingerprint density at radius 3 is 2.69 bits per heavy atom. The summed E-state index contributed by atoms with van der Waals surface area (Å²) in [6.07, 6.45) is 2.44. The number of hydrogen-bond donors (Lipinski definition) is 2. The van der Waals surface area contributed by atoms with Gasteiger partial charge in [0.05, 0.1) is 5.69 Å². The molecule has 0 bridgehead atoms. The van der Waals surface area contributed by atoms with Gasteiger partial charge >= 0.3 is 0 Å². The number of halogens is 1. The first-order chi connectivity index (χ1) is 7.81. The van der Waals surface area contributed by atoms with Crippen molar-refractivity contribution >= 4 is 5.82 Å². The Balaban J connectivity index is 1.82. The maximum absolute atomic E-state index is 12.7. The summed E-state index contributed by atoms with van der Waals surface area (Å²) in [5.74, 6) is 0.640. The molecule has 2 N–H and O–H groups in total. The zero-order chi connectivity index (χ0) is 11.0. The largest absolute Gasteiger partial charge is 0.366 e. The predicted molar refractivity (Wildman–Crippen MR) is 60.6 cm³/mol. The van der Waals surface area contributed by atoms with Crippen LogP contribution in [0.1, 0.15) is 12.8 Å². The van der Waals surface area contributed by atoms with E-state index in [9.17, 15) is 4.39 Å². The van der Waals surface area contributed by atoms with Crippen molar-refractivity contribution in [2.24, 2.45) is 0 Å². The molecular formula is C12H12FN3. The Kier molecular flexibility index (Phi) is 2.13. The molecule has 0 saturated heterocycles. The van der Waals surface area contributed by atoms with Gasteiger partial charge in [-0.3, -0.25) is 5.10 Å². The van der Waals surface area contributed by atoms with Crippen molar-refractivity contribution in [1.82, 2.24) is 10.2 Å². The summed E-state index contributed by atoms with van der Waals surface area (Å²) >= 11 is 0. The zero-order valence-corrected chi connectivity index (χ0v) is 8.70. The van der Waals surface area contributed by atoms with Gasteiger partial charge in [0.25, 0.3) is 0 Å². The molecule has 0 radical (unpaired) electrons. The topological polar surface area (TPSA) is 40.7 Å². The van der Waals surface area contributed by atoms with E-state index in [1.807, 2.05) is 6.07 Å². The van der Waals surface area contributed by atoms with Crippen LogP contribution in [0.3, 0.4) is 0 Å². The molecule has 1 heterocycles. The van der Waals surface area contributed by atoms with Gasteiger partial charge in [0.2, 0.25) is 0 Å². The summed E-state index contributed by atoms with van der Waals surface area (Å²) in [7, 11) is 0. The summed E-state index contributed by atoms with van der Waals surface area (Å²) in [5.41, 5.74) is 1.85. The van der Waals surface area contributed by atoms with Gasteiger partial charge in [0.15, 0.2) is 0 Å². The average Bonchev–Trinajstić information content (AvgIpc) is 2.97. The highest BCUT2D eigenvalue weighted by Gasteiger charge is 2.21. The van der Waals surface area contributed by atoms with Crippen LogP contribution in [-0.4, -0.2) is 16.2 Å². The van der Waals surface area contributed by atoms with Crippen LogP contribution in [0.5, 0.6) is 0 Å². The fourth-order valence-electron chi connectivity index (χ4n) is 1.61. The Morgan fingerprint density at radius 1 is 1.25 bits per heavy atom. The normalized spacial score (nSPS) is 15.1. The van der Waals surface area contributed by atoms with Crippen LogP contribution in [0.15, 0.2) is 30.3 Å². The number of nitrogens with one attached hydrogen (secondary N) is 2. The Hall–Kier alpha value is -1.84. The molecule has 1 aliphatic carbocycles. The molecule has 0 spiro atoms. The number of H-pyrrole nitrogens is 1. The fraction of sp³-hybridized carbons (Fsp3) is 0.250. The second-order valence-electron chi connectivity index (χ2n) is 4.09. The minimum atomic E-state index is -0.223. The number of nitrogens with zero attached hydrogens (tertiary/aromatic N) is 1. The van der Waals surface area contributed by atoms with Crippen LogP contribution >= 0.6 is 0 Å². The van der Waals surface area contributed by atoms with E-state index in [1.54, 1.807) is 12.1 Å². The van der Waals surface area contributed by atoms with Gasteiger partial charge in [-0.15, -0.1) is 0 Å². The van der Waals surface area contributed by atoms with Crippen molar-refractivity contribution in [3.05, 3.63) is 36.1 Å². The molecule has 4 heteroatoms. The summed E-state index contributed by atoms with van der Waals surface area (Å²) in [6.45, 7) is 0. The molecule has 3 nitrogen and oxygen atoms in total. The molecule has 82 valence electrons. The molecule has 16 heavy (non-hydrogen) atoms. The summed E-state index contributed by atoms with van der Waals surface area (Å²) in [4.78, 5) is 0. The fourth-order valence-corrected chi connectivity index (χ4v) is 1.61. The molecule has 1 fully saturated rings. The second kappa shape index (κ2) is 3.63. The van der Waals surface area contributed by atoms with Crippen LogP contribution in [0.25, 0.3) is 11.3 Å². The first kappa shape index (κ1) is 9.39. The molecule has 2 aromatic rings. The lowest BCUT2D eigenvalue weighted by Crippen LogP contribution is -2.00. The standard InChI is InChI=1S/C12H12FN3/c13-9-3-1-8(2-4-9)11-7-12(16-15-11)14-10-5-6-10/h1-4,7,10H,5-6H2,(H2,14,15,16). The lowest BCUT2D eigenvalue weighted by atomic mass is 10.1. The maximum atomic E-state index is 12.7. The van der Waals surface area contributed by atoms with Gasteiger partial charge in [-0.25, -0.2) is 4.39 Å². The van der Waals surface area contributed by atoms with Crippen LogP contribution in [0.4, 0.5) is 10.2 Å². The molecule has 0 aliphatic heterocycles. The van der Waals surface area contributed by atoms with Crippen LogP contribution in [-0.2, 0) is 0 Å². The van der Waals surface area contributed by atoms with Crippen molar-refractivity contribution in [2.45, 2.75) is 18.9 Å². The highest BCUT2D eigenvalue weighted by molar-refractivity contribution is 5.62. The van der Waals surface area contributed by atoms with Gasteiger partial charge in [0, 0.05) is 12.1 Å². The number of hydrogen-bond acceptors (Lipinski definition) is 2. The smallest absolute Gasteiger partial charge is 0.148 e. The number of aromatic nitrogens is 2. The van der Waals surface area contributed by atoms with E-state index in [2.05, 4.69) is 15.5 Å². The van der Waals surface area contributed by atoms with E-state index in [0.29, 0.717) is 6.04 Å². The Bertz CT molecular complexity index is 485. The highest BCUT2D eigenvalue weighted by Crippen LogP contribution is 2.26. The Morgan fingerprint density at radius 2 is 2.00 bits per heavy atom. The molecule has 1 aliphatic rings. The molecule has 1 aromatic carbocycles. The molecule has 1 aromatic heterocycles. The van der Waals surface area contributed by atoms with Crippen molar-refractivity contribution in [3.63, 3.8) is 0 Å². The van der Waals surface area contributed by atoms with E-state index >= 15 is 0 Å². The first-order valence-electron chi connectivity index (χ1n) is 5.39. The first-order valence-corrected chi connectivity index (χ1v) is 5.39. The van der Waals surface area contributed by atoms with Crippen LogP contribution in [0, 0.1) is 5.82 Å². The van der Waals surface area contributed by atoms with Crippen molar-refractivity contribution in [3.8, 4) is 11.3 Å². The third-order valence-corrected chi connectivity index (χ3v) is 2.66. The third-order valence-electron chi connectivity index (χ3n) is 2.66. The van der Waals surface area contributed by atoms with Crippen LogP contribution < -0.4 is 5.32 Å². The SMILES string of the molecule is Fc1ccc(-c2cc(NC3CC3)n[nH]2)cc1.